The Balaban J connectivity index is 1.29. The first-order valence-corrected chi connectivity index (χ1v) is 10.4. The average Bonchev–Trinajstić information content (AvgIpc) is 2.61. The van der Waals surface area contributed by atoms with Gasteiger partial charge in [0.1, 0.15) is 11.9 Å². The largest absolute Gasteiger partial charge is 0.482 e. The molecule has 0 radical (unpaired) electrons. The maximum atomic E-state index is 12.4. The van der Waals surface area contributed by atoms with Crippen molar-refractivity contribution in [3.8, 4) is 5.75 Å². The number of ether oxygens (including phenoxy) is 2. The van der Waals surface area contributed by atoms with Crippen molar-refractivity contribution in [3.63, 3.8) is 0 Å². The number of benzene rings is 1. The number of hydrogen-bond acceptors (Lipinski definition) is 3. The Morgan fingerprint density at radius 2 is 1.81 bits per heavy atom. The van der Waals surface area contributed by atoms with Crippen LogP contribution in [0, 0.1) is 23.2 Å². The fraction of sp³-hybridized carbons (Fsp3) is 0.696. The van der Waals surface area contributed by atoms with Crippen molar-refractivity contribution >= 4 is 5.97 Å². The first-order valence-electron chi connectivity index (χ1n) is 10.4. The molecule has 3 atom stereocenters. The van der Waals surface area contributed by atoms with E-state index in [1.54, 1.807) is 0 Å². The lowest BCUT2D eigenvalue weighted by Crippen LogP contribution is -2.54. The smallest absolute Gasteiger partial charge is 0.344 e. The van der Waals surface area contributed by atoms with E-state index in [1.165, 1.54) is 37.7 Å². The van der Waals surface area contributed by atoms with Crippen molar-refractivity contribution in [2.24, 2.45) is 23.2 Å². The Hall–Kier alpha value is -1.51. The zero-order chi connectivity index (χ0) is 18.3. The highest BCUT2D eigenvalue weighted by atomic mass is 16.6. The van der Waals surface area contributed by atoms with Crippen molar-refractivity contribution in [1.82, 2.24) is 0 Å². The van der Waals surface area contributed by atoms with Gasteiger partial charge in [0, 0.05) is 0 Å². The van der Waals surface area contributed by atoms with Gasteiger partial charge in [-0.05, 0) is 85.3 Å². The molecule has 26 heavy (non-hydrogen) atoms. The van der Waals surface area contributed by atoms with Gasteiger partial charge in [-0.15, -0.1) is 0 Å². The van der Waals surface area contributed by atoms with Gasteiger partial charge in [-0.1, -0.05) is 32.9 Å². The molecular weight excluding hydrogens is 324 g/mol. The topological polar surface area (TPSA) is 35.5 Å². The third kappa shape index (κ3) is 3.50. The average molecular weight is 357 g/mol. The highest BCUT2D eigenvalue weighted by Crippen LogP contribution is 2.60. The zero-order valence-electron chi connectivity index (χ0n) is 16.4. The minimum Gasteiger partial charge on any atom is -0.482 e. The predicted molar refractivity (Wildman–Crippen MR) is 102 cm³/mol. The molecule has 4 aliphatic carbocycles. The standard InChI is InChI=1S/C23H32O3/c1-4-15(2)17-5-7-20(8-6-17)25-14-21(24)26-22-18-9-16-10-19(22)13-23(3,11-16)12-18/h5-8,15-16,18-19,22H,4,9-14H2,1-3H3. The molecule has 4 bridgehead atoms. The van der Waals surface area contributed by atoms with Crippen LogP contribution in [0.4, 0.5) is 0 Å². The van der Waals surface area contributed by atoms with Crippen LogP contribution in [-0.4, -0.2) is 18.7 Å². The van der Waals surface area contributed by atoms with Gasteiger partial charge in [0.25, 0.3) is 0 Å². The lowest BCUT2D eigenvalue weighted by Gasteiger charge is -2.58. The summed E-state index contributed by atoms with van der Waals surface area (Å²) >= 11 is 0. The minimum atomic E-state index is -0.210. The van der Waals surface area contributed by atoms with Gasteiger partial charge < -0.3 is 9.47 Å². The summed E-state index contributed by atoms with van der Waals surface area (Å²) < 4.78 is 11.6. The first-order chi connectivity index (χ1) is 12.5. The Bertz CT molecular complexity index is 634. The number of esters is 1. The van der Waals surface area contributed by atoms with Crippen LogP contribution < -0.4 is 4.74 Å². The molecule has 1 aromatic carbocycles. The molecule has 3 unspecified atom stereocenters. The molecule has 0 aromatic heterocycles. The Labute approximate surface area is 157 Å². The van der Waals surface area contributed by atoms with Gasteiger partial charge in [0.05, 0.1) is 0 Å². The molecule has 0 spiro atoms. The molecule has 1 aromatic rings. The number of carbonyl (C=O) groups excluding carboxylic acids is 1. The summed E-state index contributed by atoms with van der Waals surface area (Å²) in [6, 6.07) is 8.09. The molecule has 0 saturated heterocycles. The maximum absolute atomic E-state index is 12.4. The van der Waals surface area contributed by atoms with Crippen LogP contribution in [0.2, 0.25) is 0 Å². The second-order valence-corrected chi connectivity index (χ2v) is 9.40. The fourth-order valence-electron chi connectivity index (χ4n) is 6.03. The number of hydrogen-bond donors (Lipinski definition) is 0. The van der Waals surface area contributed by atoms with Crippen LogP contribution in [0.3, 0.4) is 0 Å². The van der Waals surface area contributed by atoms with Gasteiger partial charge in [0.2, 0.25) is 0 Å². The molecule has 0 N–H and O–H groups in total. The Morgan fingerprint density at radius 1 is 1.15 bits per heavy atom. The van der Waals surface area contributed by atoms with Crippen molar-refractivity contribution in [3.05, 3.63) is 29.8 Å². The van der Waals surface area contributed by atoms with E-state index in [0.29, 0.717) is 23.2 Å². The molecule has 0 heterocycles. The summed E-state index contributed by atoms with van der Waals surface area (Å²) in [7, 11) is 0. The van der Waals surface area contributed by atoms with E-state index in [2.05, 4.69) is 32.9 Å². The van der Waals surface area contributed by atoms with Crippen LogP contribution in [0.25, 0.3) is 0 Å². The highest BCUT2D eigenvalue weighted by Gasteiger charge is 2.54. The first kappa shape index (κ1) is 17.9. The van der Waals surface area contributed by atoms with Crippen molar-refractivity contribution in [2.45, 2.75) is 71.3 Å². The third-order valence-corrected chi connectivity index (χ3v) is 7.18. The predicted octanol–water partition coefficient (Wildman–Crippen LogP) is 5.34. The lowest BCUT2D eigenvalue weighted by molar-refractivity contribution is -0.181. The molecule has 0 amide bonds. The quantitative estimate of drug-likeness (QED) is 0.646. The molecular formula is C23H32O3. The zero-order valence-corrected chi connectivity index (χ0v) is 16.4. The van der Waals surface area contributed by atoms with Gasteiger partial charge in [-0.2, -0.15) is 0 Å². The second kappa shape index (κ2) is 6.90. The molecule has 3 nitrogen and oxygen atoms in total. The highest BCUT2D eigenvalue weighted by molar-refractivity contribution is 5.71. The van der Waals surface area contributed by atoms with Crippen molar-refractivity contribution < 1.29 is 14.3 Å². The SMILES string of the molecule is CCC(C)c1ccc(OCC(=O)OC2C3CC4CC2CC(C)(C4)C3)cc1. The molecule has 4 fully saturated rings. The lowest BCUT2D eigenvalue weighted by atomic mass is 9.49. The van der Waals surface area contributed by atoms with Gasteiger partial charge in [0.15, 0.2) is 6.61 Å². The van der Waals surface area contributed by atoms with Crippen LogP contribution in [0.15, 0.2) is 24.3 Å². The monoisotopic (exact) mass is 356 g/mol. The van der Waals surface area contributed by atoms with E-state index in [9.17, 15) is 4.79 Å². The normalized spacial score (nSPS) is 36.0. The van der Waals surface area contributed by atoms with Crippen LogP contribution in [0.5, 0.6) is 5.75 Å². The van der Waals surface area contributed by atoms with Crippen LogP contribution in [-0.2, 0) is 9.53 Å². The van der Waals surface area contributed by atoms with Gasteiger partial charge in [-0.3, -0.25) is 0 Å². The number of carbonyl (C=O) groups is 1. The van der Waals surface area contributed by atoms with Crippen molar-refractivity contribution in [2.75, 3.05) is 6.61 Å². The summed E-state index contributed by atoms with van der Waals surface area (Å²) in [5.41, 5.74) is 1.82. The van der Waals surface area contributed by atoms with Crippen LogP contribution >= 0.6 is 0 Å². The van der Waals surface area contributed by atoms with Gasteiger partial charge in [-0.25, -0.2) is 4.79 Å². The maximum Gasteiger partial charge on any atom is 0.344 e. The van der Waals surface area contributed by atoms with E-state index in [4.69, 9.17) is 9.47 Å². The summed E-state index contributed by atoms with van der Waals surface area (Å²) in [5, 5.41) is 0. The summed E-state index contributed by atoms with van der Waals surface area (Å²) in [4.78, 5) is 12.4. The Morgan fingerprint density at radius 3 is 2.38 bits per heavy atom. The molecule has 142 valence electrons. The number of rotatable bonds is 6. The summed E-state index contributed by atoms with van der Waals surface area (Å²) in [6.45, 7) is 6.86. The summed E-state index contributed by atoms with van der Waals surface area (Å²) in [5.74, 6) is 3.10. The third-order valence-electron chi connectivity index (χ3n) is 7.18. The van der Waals surface area contributed by atoms with Gasteiger partial charge >= 0.3 is 5.97 Å². The molecule has 3 heteroatoms. The fourth-order valence-corrected chi connectivity index (χ4v) is 6.03. The van der Waals surface area contributed by atoms with E-state index >= 15 is 0 Å². The van der Waals surface area contributed by atoms with E-state index in [1.807, 2.05) is 12.1 Å². The van der Waals surface area contributed by atoms with E-state index in [-0.39, 0.29) is 18.7 Å². The Kier molecular flexibility index (Phi) is 4.75. The summed E-state index contributed by atoms with van der Waals surface area (Å²) in [6.07, 6.45) is 7.60. The van der Waals surface area contributed by atoms with Crippen molar-refractivity contribution in [1.29, 1.82) is 0 Å². The van der Waals surface area contributed by atoms with E-state index in [0.717, 1.165) is 18.1 Å². The molecule has 4 aliphatic rings. The molecule has 5 rings (SSSR count). The minimum absolute atomic E-state index is 0.0132. The molecule has 0 aliphatic heterocycles. The van der Waals surface area contributed by atoms with Crippen LogP contribution in [0.1, 0.15) is 70.8 Å². The second-order valence-electron chi connectivity index (χ2n) is 9.40. The van der Waals surface area contributed by atoms with E-state index < -0.39 is 0 Å². The molecule has 4 saturated carbocycles.